The lowest BCUT2D eigenvalue weighted by Crippen LogP contribution is -2.07. The van der Waals surface area contributed by atoms with Crippen LogP contribution in [-0.4, -0.2) is 20.1 Å². The molecule has 6 heteroatoms. The molecule has 17 heavy (non-hydrogen) atoms. The molecule has 0 amide bonds. The van der Waals surface area contributed by atoms with E-state index in [-0.39, 0.29) is 5.82 Å². The third-order valence-corrected chi connectivity index (χ3v) is 3.16. The molecular weight excluding hydrogens is 289 g/mol. The lowest BCUT2D eigenvalue weighted by Gasteiger charge is -2.12. The molecule has 1 aromatic heterocycles. The molecule has 1 aromatic carbocycles. The van der Waals surface area contributed by atoms with Gasteiger partial charge >= 0.3 is 0 Å². The first-order valence-corrected chi connectivity index (χ1v) is 5.79. The van der Waals surface area contributed by atoms with Crippen LogP contribution >= 0.6 is 15.9 Å². The summed E-state index contributed by atoms with van der Waals surface area (Å²) in [5.74, 6) is -0.340. The lowest BCUT2D eigenvalue weighted by atomic mass is 10.0. The van der Waals surface area contributed by atoms with Crippen LogP contribution in [0.3, 0.4) is 0 Å². The number of aromatic nitrogens is 3. The number of hydrogen-bond acceptors (Lipinski definition) is 3. The van der Waals surface area contributed by atoms with E-state index in [0.29, 0.717) is 21.4 Å². The van der Waals surface area contributed by atoms with Gasteiger partial charge in [-0.25, -0.2) is 9.07 Å². The van der Waals surface area contributed by atoms with Crippen LogP contribution in [0.4, 0.5) is 4.39 Å². The molecule has 1 unspecified atom stereocenters. The van der Waals surface area contributed by atoms with Crippen LogP contribution < -0.4 is 0 Å². The van der Waals surface area contributed by atoms with Crippen LogP contribution in [0.25, 0.3) is 0 Å². The summed E-state index contributed by atoms with van der Waals surface area (Å²) in [4.78, 5) is 0. The van der Waals surface area contributed by atoms with Gasteiger partial charge in [0.2, 0.25) is 0 Å². The zero-order chi connectivity index (χ0) is 12.6. The molecule has 1 N–H and O–H groups in total. The van der Waals surface area contributed by atoms with Gasteiger partial charge in [0.05, 0.1) is 0 Å². The zero-order valence-electron chi connectivity index (χ0n) is 9.35. The van der Waals surface area contributed by atoms with E-state index in [1.54, 1.807) is 26.1 Å². The molecule has 0 fully saturated rings. The third-order valence-electron chi connectivity index (χ3n) is 2.60. The predicted octanol–water partition coefficient (Wildman–Crippen LogP) is 2.11. The molecule has 90 valence electrons. The summed E-state index contributed by atoms with van der Waals surface area (Å²) < 4.78 is 15.3. The largest absolute Gasteiger partial charge is 0.382 e. The molecule has 1 heterocycles. The van der Waals surface area contributed by atoms with E-state index in [9.17, 15) is 9.50 Å². The van der Waals surface area contributed by atoms with Crippen LogP contribution in [0.1, 0.15) is 22.9 Å². The van der Waals surface area contributed by atoms with Gasteiger partial charge in [-0.2, -0.15) is 0 Å². The molecule has 0 saturated heterocycles. The Labute approximate surface area is 106 Å². The van der Waals surface area contributed by atoms with Crippen molar-refractivity contribution in [1.29, 1.82) is 0 Å². The molecule has 4 nitrogen and oxygen atoms in total. The molecule has 0 saturated carbocycles. The van der Waals surface area contributed by atoms with Gasteiger partial charge < -0.3 is 5.11 Å². The summed E-state index contributed by atoms with van der Waals surface area (Å²) in [6.45, 7) is 1.67. The monoisotopic (exact) mass is 299 g/mol. The molecule has 2 rings (SSSR count). The summed E-state index contributed by atoms with van der Waals surface area (Å²) in [5.41, 5.74) is 1.51. The van der Waals surface area contributed by atoms with Crippen LogP contribution in [0, 0.1) is 12.7 Å². The van der Waals surface area contributed by atoms with Crippen molar-refractivity contribution < 1.29 is 9.50 Å². The van der Waals surface area contributed by atoms with Gasteiger partial charge in [0.1, 0.15) is 17.6 Å². The minimum absolute atomic E-state index is 0.340. The second-order valence-corrected chi connectivity index (χ2v) is 4.55. The van der Waals surface area contributed by atoms with Gasteiger partial charge in [-0.1, -0.05) is 17.3 Å². The second kappa shape index (κ2) is 4.54. The zero-order valence-corrected chi connectivity index (χ0v) is 10.9. The number of rotatable bonds is 2. The number of halogens is 2. The maximum absolute atomic E-state index is 13.4. The van der Waals surface area contributed by atoms with Crippen molar-refractivity contribution in [2.24, 2.45) is 7.05 Å². The number of benzene rings is 1. The summed E-state index contributed by atoms with van der Waals surface area (Å²) in [6, 6.07) is 4.63. The number of nitrogens with zero attached hydrogens (tertiary/aromatic N) is 3. The quantitative estimate of drug-likeness (QED) is 0.924. The van der Waals surface area contributed by atoms with Gasteiger partial charge in [0.25, 0.3) is 0 Å². The summed E-state index contributed by atoms with van der Waals surface area (Å²) in [6.07, 6.45) is -0.959. The summed E-state index contributed by atoms with van der Waals surface area (Å²) in [5, 5.41) is 17.7. The van der Waals surface area contributed by atoms with Gasteiger partial charge in [0, 0.05) is 7.05 Å². The predicted molar refractivity (Wildman–Crippen MR) is 63.9 cm³/mol. The fourth-order valence-electron chi connectivity index (χ4n) is 1.57. The minimum atomic E-state index is -0.959. The first-order valence-electron chi connectivity index (χ1n) is 5.00. The highest BCUT2D eigenvalue weighted by Gasteiger charge is 2.20. The Morgan fingerprint density at radius 1 is 1.47 bits per heavy atom. The molecular formula is C11H11BrFN3O. The van der Waals surface area contributed by atoms with Crippen LogP contribution in [0.2, 0.25) is 0 Å². The normalized spacial score (nSPS) is 12.8. The number of aliphatic hydroxyl groups excluding tert-OH is 1. The van der Waals surface area contributed by atoms with E-state index in [1.165, 1.54) is 10.7 Å². The van der Waals surface area contributed by atoms with Crippen molar-refractivity contribution in [3.8, 4) is 0 Å². The maximum Gasteiger partial charge on any atom is 0.154 e. The lowest BCUT2D eigenvalue weighted by molar-refractivity contribution is 0.208. The Hall–Kier alpha value is -1.27. The SMILES string of the molecule is Cc1ccc(C(O)c2c(Br)nnn2C)cc1F. The fraction of sp³-hybridized carbons (Fsp3) is 0.273. The second-order valence-electron chi connectivity index (χ2n) is 3.80. The minimum Gasteiger partial charge on any atom is -0.382 e. The molecule has 0 aliphatic rings. The van der Waals surface area contributed by atoms with Crippen molar-refractivity contribution in [2.45, 2.75) is 13.0 Å². The molecule has 0 bridgehead atoms. The van der Waals surface area contributed by atoms with Crippen molar-refractivity contribution in [1.82, 2.24) is 15.0 Å². The number of hydrogen-bond donors (Lipinski definition) is 1. The molecule has 2 aromatic rings. The van der Waals surface area contributed by atoms with Gasteiger partial charge in [-0.15, -0.1) is 5.10 Å². The van der Waals surface area contributed by atoms with Crippen molar-refractivity contribution >= 4 is 15.9 Å². The highest BCUT2D eigenvalue weighted by Crippen LogP contribution is 2.27. The Balaban J connectivity index is 2.43. The highest BCUT2D eigenvalue weighted by molar-refractivity contribution is 9.10. The van der Waals surface area contributed by atoms with E-state index in [1.807, 2.05) is 0 Å². The van der Waals surface area contributed by atoms with Gasteiger partial charge in [-0.05, 0) is 40.0 Å². The maximum atomic E-state index is 13.4. The van der Waals surface area contributed by atoms with E-state index in [0.717, 1.165) is 0 Å². The molecule has 0 spiro atoms. The van der Waals surface area contributed by atoms with E-state index in [2.05, 4.69) is 26.2 Å². The van der Waals surface area contributed by atoms with Crippen molar-refractivity contribution in [3.05, 3.63) is 45.4 Å². The molecule has 0 aliphatic carbocycles. The summed E-state index contributed by atoms with van der Waals surface area (Å²) in [7, 11) is 1.67. The number of aliphatic hydroxyl groups is 1. The third kappa shape index (κ3) is 2.23. The van der Waals surface area contributed by atoms with Crippen LogP contribution in [0.5, 0.6) is 0 Å². The standard InChI is InChI=1S/C11H11BrFN3O/c1-6-3-4-7(5-8(6)13)10(17)9-11(12)14-15-16(9)2/h3-5,10,17H,1-2H3. The molecule has 1 atom stereocenters. The number of aryl methyl sites for hydroxylation is 2. The van der Waals surface area contributed by atoms with Crippen LogP contribution in [0.15, 0.2) is 22.8 Å². The van der Waals surface area contributed by atoms with Gasteiger partial charge in [-0.3, -0.25) is 0 Å². The Bertz CT molecular complexity index is 536. The highest BCUT2D eigenvalue weighted by atomic mass is 79.9. The van der Waals surface area contributed by atoms with E-state index in [4.69, 9.17) is 0 Å². The molecule has 0 radical (unpaired) electrons. The van der Waals surface area contributed by atoms with Gasteiger partial charge in [0.15, 0.2) is 4.60 Å². The average molecular weight is 300 g/mol. The Morgan fingerprint density at radius 3 is 2.71 bits per heavy atom. The smallest absolute Gasteiger partial charge is 0.154 e. The van der Waals surface area contributed by atoms with Crippen molar-refractivity contribution in [2.75, 3.05) is 0 Å². The molecule has 0 aliphatic heterocycles. The van der Waals surface area contributed by atoms with Crippen molar-refractivity contribution in [3.63, 3.8) is 0 Å². The fourth-order valence-corrected chi connectivity index (χ4v) is 2.11. The van der Waals surface area contributed by atoms with E-state index >= 15 is 0 Å². The Kier molecular flexibility index (Phi) is 3.26. The summed E-state index contributed by atoms with van der Waals surface area (Å²) >= 11 is 3.20. The average Bonchev–Trinajstić information content (AvgIpc) is 2.62. The first kappa shape index (κ1) is 12.2. The first-order chi connectivity index (χ1) is 8.00. The van der Waals surface area contributed by atoms with E-state index < -0.39 is 6.10 Å². The van der Waals surface area contributed by atoms with Crippen LogP contribution in [-0.2, 0) is 7.05 Å². The topological polar surface area (TPSA) is 50.9 Å². The Morgan fingerprint density at radius 2 is 2.18 bits per heavy atom.